The predicted molar refractivity (Wildman–Crippen MR) is 201 cm³/mol. The molecule has 0 radical (unpaired) electrons. The van der Waals surface area contributed by atoms with Gasteiger partial charge in [0.2, 0.25) is 29.5 Å². The summed E-state index contributed by atoms with van der Waals surface area (Å²) >= 11 is 0. The minimum absolute atomic E-state index is 0. The average molecular weight is 722 g/mol. The molecule has 1 heterocycles. The second-order valence-corrected chi connectivity index (χ2v) is 15.2. The molecule has 8 N–H and O–H groups in total. The third-order valence-corrected chi connectivity index (χ3v) is 9.78. The summed E-state index contributed by atoms with van der Waals surface area (Å²) in [5.41, 5.74) is 2.22. The van der Waals surface area contributed by atoms with Gasteiger partial charge in [-0.05, 0) is 47.8 Å². The lowest BCUT2D eigenvalue weighted by atomic mass is 9.83. The van der Waals surface area contributed by atoms with E-state index in [0.717, 1.165) is 43.2 Å². The van der Waals surface area contributed by atoms with E-state index in [1.54, 1.807) is 6.07 Å². The molecule has 1 aliphatic carbocycles. The minimum atomic E-state index is -1.10. The first-order chi connectivity index (χ1) is 24.4. The van der Waals surface area contributed by atoms with Gasteiger partial charge in [0.05, 0.1) is 24.5 Å². The third-order valence-electron chi connectivity index (χ3n) is 9.78. The van der Waals surface area contributed by atoms with Gasteiger partial charge in [0, 0.05) is 25.1 Å². The number of aliphatic hydroxyl groups is 1. The van der Waals surface area contributed by atoms with Crippen LogP contribution in [-0.4, -0.2) is 70.9 Å². The van der Waals surface area contributed by atoms with E-state index in [4.69, 9.17) is 0 Å². The molecule has 1 fully saturated rings. The van der Waals surface area contributed by atoms with E-state index in [2.05, 4.69) is 26.6 Å². The van der Waals surface area contributed by atoms with Gasteiger partial charge in [-0.3, -0.25) is 24.0 Å². The molecule has 12 heteroatoms. The highest BCUT2D eigenvalue weighted by Gasteiger charge is 2.35. The molecule has 0 spiro atoms. The zero-order valence-corrected chi connectivity index (χ0v) is 31.1. The predicted octanol–water partition coefficient (Wildman–Crippen LogP) is 3.52. The van der Waals surface area contributed by atoms with Crippen LogP contribution in [-0.2, 0) is 30.4 Å². The van der Waals surface area contributed by atoms with Gasteiger partial charge in [-0.15, -0.1) is 0 Å². The number of carbonyl (C=O) groups excluding carboxylic acids is 5. The molecule has 2 aromatic carbocycles. The number of hydrogen-bond acceptors (Lipinski definition) is 6. The van der Waals surface area contributed by atoms with E-state index in [1.807, 2.05) is 76.2 Å². The van der Waals surface area contributed by atoms with Gasteiger partial charge in [0.15, 0.2) is 0 Å². The number of anilines is 1. The molecule has 2 aromatic rings. The largest absolute Gasteiger partial charge is 0.412 e. The molecule has 1 saturated carbocycles. The van der Waals surface area contributed by atoms with Crippen molar-refractivity contribution in [3.05, 3.63) is 65.7 Å². The molecule has 5 amide bonds. The highest BCUT2D eigenvalue weighted by Crippen LogP contribution is 2.34. The molecule has 0 aromatic heterocycles. The first-order valence-electron chi connectivity index (χ1n) is 18.7. The zero-order valence-electron chi connectivity index (χ0n) is 31.1. The van der Waals surface area contributed by atoms with Crippen LogP contribution in [0.1, 0.15) is 103 Å². The quantitative estimate of drug-likeness (QED) is 0.136. The van der Waals surface area contributed by atoms with Crippen molar-refractivity contribution in [2.45, 2.75) is 122 Å². The normalized spacial score (nSPS) is 17.9. The van der Waals surface area contributed by atoms with Crippen molar-refractivity contribution in [3.63, 3.8) is 0 Å². The van der Waals surface area contributed by atoms with Crippen molar-refractivity contribution in [2.24, 2.45) is 17.8 Å². The van der Waals surface area contributed by atoms with E-state index in [1.165, 1.54) is 0 Å². The smallest absolute Gasteiger partial charge is 0.243 e. The van der Waals surface area contributed by atoms with Crippen molar-refractivity contribution in [1.29, 1.82) is 0 Å². The molecule has 0 bridgehead atoms. The van der Waals surface area contributed by atoms with Gasteiger partial charge >= 0.3 is 0 Å². The van der Waals surface area contributed by atoms with E-state index < -0.39 is 47.9 Å². The van der Waals surface area contributed by atoms with Crippen molar-refractivity contribution in [3.8, 4) is 0 Å². The number of para-hydroxylation sites is 1. The molecular formula is C40H59N5O7. The Bertz CT molecular complexity index is 1480. The fraction of sp³-hybridized carbons (Fsp3) is 0.575. The number of amides is 5. The lowest BCUT2D eigenvalue weighted by Gasteiger charge is -2.32. The Kier molecular flexibility index (Phi) is 16.7. The third kappa shape index (κ3) is 13.0. The monoisotopic (exact) mass is 721 g/mol. The summed E-state index contributed by atoms with van der Waals surface area (Å²) in [5.74, 6) is -2.04. The van der Waals surface area contributed by atoms with Crippen molar-refractivity contribution < 1.29 is 34.6 Å². The Morgan fingerprint density at radius 3 is 2.13 bits per heavy atom. The van der Waals surface area contributed by atoms with Crippen LogP contribution in [0, 0.1) is 17.8 Å². The minimum Gasteiger partial charge on any atom is -0.412 e. The van der Waals surface area contributed by atoms with Crippen molar-refractivity contribution in [1.82, 2.24) is 21.3 Å². The fourth-order valence-corrected chi connectivity index (χ4v) is 7.05. The lowest BCUT2D eigenvalue weighted by molar-refractivity contribution is -0.133. The molecule has 5 atom stereocenters. The molecule has 12 nitrogen and oxygen atoms in total. The number of carbonyl (C=O) groups is 5. The summed E-state index contributed by atoms with van der Waals surface area (Å²) in [6.45, 7) is 8.39. The summed E-state index contributed by atoms with van der Waals surface area (Å²) in [4.78, 5) is 66.8. The number of benzene rings is 2. The van der Waals surface area contributed by atoms with E-state index in [0.29, 0.717) is 31.0 Å². The summed E-state index contributed by atoms with van der Waals surface area (Å²) in [5, 5.41) is 25.7. The summed E-state index contributed by atoms with van der Waals surface area (Å²) in [6.07, 6.45) is 5.02. The maximum Gasteiger partial charge on any atom is 0.243 e. The number of nitrogens with one attached hydrogen (secondary N) is 5. The van der Waals surface area contributed by atoms with E-state index in [-0.39, 0.29) is 48.4 Å². The molecule has 2 aliphatic rings. The van der Waals surface area contributed by atoms with Gasteiger partial charge in [-0.1, -0.05) is 108 Å². The molecule has 1 aliphatic heterocycles. The van der Waals surface area contributed by atoms with E-state index in [9.17, 15) is 29.1 Å². The highest BCUT2D eigenvalue weighted by atomic mass is 16.3. The number of hydrogen-bond donors (Lipinski definition) is 6. The summed E-state index contributed by atoms with van der Waals surface area (Å²) < 4.78 is 0. The van der Waals surface area contributed by atoms with Crippen LogP contribution in [0.3, 0.4) is 0 Å². The van der Waals surface area contributed by atoms with Crippen LogP contribution in [0.2, 0.25) is 0 Å². The van der Waals surface area contributed by atoms with Crippen LogP contribution in [0.25, 0.3) is 0 Å². The first kappa shape index (κ1) is 42.1. The number of rotatable bonds is 18. The second-order valence-electron chi connectivity index (χ2n) is 15.2. The van der Waals surface area contributed by atoms with Crippen molar-refractivity contribution >= 4 is 35.2 Å². The lowest BCUT2D eigenvalue weighted by Crippen LogP contribution is -2.57. The molecule has 286 valence electrons. The van der Waals surface area contributed by atoms with Crippen LogP contribution < -0.4 is 26.6 Å². The second kappa shape index (κ2) is 20.7. The molecule has 0 saturated heterocycles. The van der Waals surface area contributed by atoms with Gasteiger partial charge in [-0.25, -0.2) is 0 Å². The van der Waals surface area contributed by atoms with Crippen LogP contribution in [0.15, 0.2) is 54.6 Å². The Hall–Kier alpha value is -4.29. The Labute approximate surface area is 308 Å². The Balaban J connectivity index is 0.00000729. The van der Waals surface area contributed by atoms with Gasteiger partial charge < -0.3 is 37.2 Å². The Morgan fingerprint density at radius 2 is 1.46 bits per heavy atom. The maximum atomic E-state index is 14.0. The zero-order chi connectivity index (χ0) is 36.9. The first-order valence-corrected chi connectivity index (χ1v) is 18.7. The number of aliphatic hydroxyl groups excluding tert-OH is 1. The van der Waals surface area contributed by atoms with Crippen LogP contribution >= 0.6 is 0 Å². The SMILES string of the molecule is CC(C)CNC(=O)C[C@H](O)[C@H](CC1CCCCC1)NC(=O)[C@H](CC(C)C)NC(=O)[C@H](Cc1ccccc1)NC(=O)CC1C(=O)Nc2ccccc21.O. The maximum absolute atomic E-state index is 14.0. The van der Waals surface area contributed by atoms with Gasteiger partial charge in [0.1, 0.15) is 12.1 Å². The molecule has 52 heavy (non-hydrogen) atoms. The fourth-order valence-electron chi connectivity index (χ4n) is 7.05. The van der Waals surface area contributed by atoms with E-state index >= 15 is 0 Å². The highest BCUT2D eigenvalue weighted by molar-refractivity contribution is 6.05. The van der Waals surface area contributed by atoms with Crippen LogP contribution in [0.5, 0.6) is 0 Å². The average Bonchev–Trinajstić information content (AvgIpc) is 3.41. The molecule has 1 unspecified atom stereocenters. The van der Waals surface area contributed by atoms with Gasteiger partial charge in [-0.2, -0.15) is 0 Å². The molecular weight excluding hydrogens is 662 g/mol. The Morgan fingerprint density at radius 1 is 0.808 bits per heavy atom. The standard InChI is InChI=1S/C40H57N5O6.H2O/c1-25(2)19-33(39(50)44-32(20-27-13-7-5-8-14-27)35(46)23-36(47)41-24-26(3)4)45-40(51)34(21-28-15-9-6-10-16-28)42-37(48)22-30-29-17-11-12-18-31(29)43-38(30)49;/h6,9-12,15-18,25-27,30,32-35,46H,5,7-8,13-14,19-24H2,1-4H3,(H,41,47)(H,42,48)(H,43,49)(H,44,50)(H,45,51);1H2/t30?,32-,33-,34-,35-;/m0./s1. The summed E-state index contributed by atoms with van der Waals surface area (Å²) in [7, 11) is 0. The van der Waals surface area contributed by atoms with Crippen molar-refractivity contribution in [2.75, 3.05) is 11.9 Å². The van der Waals surface area contributed by atoms with Crippen LogP contribution in [0.4, 0.5) is 5.69 Å². The van der Waals surface area contributed by atoms with Gasteiger partial charge in [0.25, 0.3) is 0 Å². The number of fused-ring (bicyclic) bond motifs is 1. The molecule has 4 rings (SSSR count). The summed E-state index contributed by atoms with van der Waals surface area (Å²) in [6, 6.07) is 13.9. The topological polar surface area (TPSA) is 197 Å².